The van der Waals surface area contributed by atoms with E-state index < -0.39 is 80.2 Å². The molecule has 54 heavy (non-hydrogen) atoms. The number of hydrogen-bond donors (Lipinski definition) is 7. The van der Waals surface area contributed by atoms with Crippen molar-refractivity contribution in [3.8, 4) is 0 Å². The van der Waals surface area contributed by atoms with E-state index in [0.717, 1.165) is 45.1 Å². The van der Waals surface area contributed by atoms with E-state index >= 15 is 0 Å². The summed E-state index contributed by atoms with van der Waals surface area (Å²) in [6.07, 6.45) is -2.53. The van der Waals surface area contributed by atoms with Crippen LogP contribution in [0.2, 0.25) is 0 Å². The summed E-state index contributed by atoms with van der Waals surface area (Å²) < 4.78 is 37.9. The van der Waals surface area contributed by atoms with Crippen molar-refractivity contribution in [2.75, 3.05) is 26.4 Å². The van der Waals surface area contributed by atoms with Crippen molar-refractivity contribution in [3.05, 3.63) is 0 Å². The second kappa shape index (κ2) is 14.6. The van der Waals surface area contributed by atoms with E-state index in [4.69, 9.17) is 28.4 Å². The van der Waals surface area contributed by atoms with E-state index in [1.54, 1.807) is 0 Å². The summed E-state index contributed by atoms with van der Waals surface area (Å²) in [7, 11) is 0. The Kier molecular flexibility index (Phi) is 10.9. The maximum Gasteiger partial charge on any atom is 0.187 e. The van der Waals surface area contributed by atoms with Gasteiger partial charge >= 0.3 is 0 Å². The Morgan fingerprint density at radius 3 is 2.13 bits per heavy atom. The Morgan fingerprint density at radius 2 is 1.43 bits per heavy atom. The highest BCUT2D eigenvalue weighted by Gasteiger charge is 2.70. The van der Waals surface area contributed by atoms with Crippen LogP contribution in [0.3, 0.4) is 0 Å². The van der Waals surface area contributed by atoms with Crippen LogP contribution in [-0.4, -0.2) is 141 Å². The lowest BCUT2D eigenvalue weighted by atomic mass is 9.40. The SMILES string of the molecule is C[C@@H]1CC[C@@]2(OC1)O[C@H]1C[C@H]3[C@H]4CC[C@]5(C)C[C@@H](O[C@H]6O[C@@H](CO)[C@H](O)[C@@H](O)[C@@H]6OC[C@@H]6O[C@H](CO)[C@@H](O)[C@@H](O)[C@@H]6O)CC[C@]5(C)[C@H]4CC[C@]3(C)[C@H]1[C@@H]2C. The summed E-state index contributed by atoms with van der Waals surface area (Å²) in [4.78, 5) is 0. The fraction of sp³-hybridized carbons (Fsp3) is 1.00. The van der Waals surface area contributed by atoms with E-state index in [0.29, 0.717) is 35.5 Å². The highest BCUT2D eigenvalue weighted by atomic mass is 16.7. The number of hydrogen-bond acceptors (Lipinski definition) is 13. The Bertz CT molecular complexity index is 1330. The minimum absolute atomic E-state index is 0.00956. The van der Waals surface area contributed by atoms with Gasteiger partial charge in [0.2, 0.25) is 0 Å². The van der Waals surface area contributed by atoms with E-state index in [9.17, 15) is 35.7 Å². The van der Waals surface area contributed by atoms with Gasteiger partial charge in [0.15, 0.2) is 12.1 Å². The van der Waals surface area contributed by atoms with E-state index in [2.05, 4.69) is 34.6 Å². The summed E-state index contributed by atoms with van der Waals surface area (Å²) in [5.74, 6) is 3.04. The molecule has 0 aromatic carbocycles. The lowest BCUT2D eigenvalue weighted by Crippen LogP contribution is -2.63. The van der Waals surface area contributed by atoms with Crippen molar-refractivity contribution >= 4 is 0 Å². The quantitative estimate of drug-likeness (QED) is 0.186. The van der Waals surface area contributed by atoms with Gasteiger partial charge in [0.05, 0.1) is 38.6 Å². The molecule has 4 aliphatic carbocycles. The van der Waals surface area contributed by atoms with Crippen molar-refractivity contribution in [2.24, 2.45) is 51.8 Å². The third-order valence-electron chi connectivity index (χ3n) is 17.2. The highest BCUT2D eigenvalue weighted by Crippen LogP contribution is 2.73. The van der Waals surface area contributed by atoms with Gasteiger partial charge in [-0.1, -0.05) is 34.6 Å². The van der Waals surface area contributed by atoms with Crippen LogP contribution in [0.4, 0.5) is 0 Å². The molecule has 4 saturated carbocycles. The van der Waals surface area contributed by atoms with Gasteiger partial charge in [-0.15, -0.1) is 0 Å². The first kappa shape index (κ1) is 40.3. The molecule has 0 unspecified atom stereocenters. The van der Waals surface area contributed by atoms with E-state index in [1.165, 1.54) is 25.7 Å². The molecular weight excluding hydrogens is 700 g/mol. The normalized spacial score (nSPS) is 58.7. The zero-order chi connectivity index (χ0) is 38.5. The van der Waals surface area contributed by atoms with Crippen LogP contribution in [0.1, 0.15) is 98.8 Å². The first-order valence-electron chi connectivity index (χ1n) is 21.1. The van der Waals surface area contributed by atoms with Gasteiger partial charge in [-0.3, -0.25) is 0 Å². The van der Waals surface area contributed by atoms with Gasteiger partial charge in [0.1, 0.15) is 54.9 Å². The van der Waals surface area contributed by atoms with Crippen molar-refractivity contribution in [1.29, 1.82) is 0 Å². The molecule has 1 spiro atoms. The van der Waals surface area contributed by atoms with Gasteiger partial charge < -0.3 is 64.2 Å². The third kappa shape index (κ3) is 6.20. The molecule has 0 radical (unpaired) electrons. The maximum atomic E-state index is 11.2. The number of aliphatic hydroxyl groups is 7. The molecule has 0 aromatic rings. The predicted octanol–water partition coefficient (Wildman–Crippen LogP) is 1.87. The largest absolute Gasteiger partial charge is 0.394 e. The Hall–Kier alpha value is -0.520. The Labute approximate surface area is 320 Å². The summed E-state index contributed by atoms with van der Waals surface area (Å²) in [6, 6.07) is 0. The summed E-state index contributed by atoms with van der Waals surface area (Å²) >= 11 is 0. The number of rotatable bonds is 7. The average Bonchev–Trinajstić information content (AvgIpc) is 3.60. The van der Waals surface area contributed by atoms with Crippen LogP contribution < -0.4 is 0 Å². The smallest absolute Gasteiger partial charge is 0.187 e. The number of fused-ring (bicyclic) bond motifs is 7. The standard InChI is InChI=1S/C41H68O13/c1-20-6-13-41(50-18-20)21(2)30-26(54-41)14-25-23-8-10-38(3)15-22(7-12-40(38,5)24(23)9-11-39(25,30)4)51-37-36(35(48)32(45)28(17-43)53-37)49-19-29-33(46)34(47)31(44)27(16-42)52-29/h20-37,42-48H,6-19H2,1-5H3/t20-,21+,22+,23+,24+,25+,26+,27-,28+,29+,30+,31-,32+,33-,34-,35-,36+,37+,38-,39+,40-,41-/m1/s1. The lowest BCUT2D eigenvalue weighted by Gasteiger charge is -2.65. The van der Waals surface area contributed by atoms with Crippen LogP contribution in [-0.2, 0) is 28.4 Å². The minimum atomic E-state index is -1.57. The molecule has 8 rings (SSSR count). The highest BCUT2D eigenvalue weighted by molar-refractivity contribution is 5.17. The van der Waals surface area contributed by atoms with Crippen molar-refractivity contribution in [1.82, 2.24) is 0 Å². The van der Waals surface area contributed by atoms with E-state index in [-0.39, 0.29) is 35.1 Å². The maximum absolute atomic E-state index is 11.2. The molecule has 0 aromatic heterocycles. The molecule has 8 fully saturated rings. The molecule has 8 aliphatic rings. The third-order valence-corrected chi connectivity index (χ3v) is 17.2. The average molecular weight is 769 g/mol. The Morgan fingerprint density at radius 1 is 0.722 bits per heavy atom. The van der Waals surface area contributed by atoms with Gasteiger partial charge in [-0.05, 0) is 104 Å². The zero-order valence-corrected chi connectivity index (χ0v) is 32.9. The second-order valence-electron chi connectivity index (χ2n) is 19.8. The molecule has 4 aliphatic heterocycles. The monoisotopic (exact) mass is 768 g/mol. The molecule has 13 nitrogen and oxygen atoms in total. The first-order chi connectivity index (χ1) is 25.6. The minimum Gasteiger partial charge on any atom is -0.394 e. The van der Waals surface area contributed by atoms with Crippen molar-refractivity contribution in [3.63, 3.8) is 0 Å². The molecule has 4 saturated heterocycles. The Balaban J connectivity index is 0.943. The summed E-state index contributed by atoms with van der Waals surface area (Å²) in [5.41, 5.74) is 0.389. The van der Waals surface area contributed by atoms with Gasteiger partial charge in [-0.25, -0.2) is 0 Å². The van der Waals surface area contributed by atoms with Crippen molar-refractivity contribution in [2.45, 2.75) is 178 Å². The molecule has 22 atom stereocenters. The molecule has 0 bridgehead atoms. The number of aliphatic hydroxyl groups excluding tert-OH is 7. The fourth-order valence-electron chi connectivity index (χ4n) is 13.8. The molecule has 310 valence electrons. The number of ether oxygens (including phenoxy) is 6. The lowest BCUT2D eigenvalue weighted by molar-refractivity contribution is -0.332. The molecular formula is C41H68O13. The van der Waals surface area contributed by atoms with E-state index in [1.807, 2.05) is 0 Å². The van der Waals surface area contributed by atoms with Crippen LogP contribution in [0.5, 0.6) is 0 Å². The van der Waals surface area contributed by atoms with Gasteiger partial charge in [-0.2, -0.15) is 0 Å². The topological polar surface area (TPSA) is 197 Å². The fourth-order valence-corrected chi connectivity index (χ4v) is 13.8. The second-order valence-corrected chi connectivity index (χ2v) is 19.8. The summed E-state index contributed by atoms with van der Waals surface area (Å²) in [6.45, 7) is 11.6. The van der Waals surface area contributed by atoms with Crippen LogP contribution in [0.25, 0.3) is 0 Å². The van der Waals surface area contributed by atoms with Crippen molar-refractivity contribution < 1.29 is 64.2 Å². The predicted molar refractivity (Wildman–Crippen MR) is 192 cm³/mol. The molecule has 13 heteroatoms. The van der Waals surface area contributed by atoms with Crippen LogP contribution in [0, 0.1) is 51.8 Å². The summed E-state index contributed by atoms with van der Waals surface area (Å²) in [5, 5.41) is 72.6. The molecule has 0 amide bonds. The van der Waals surface area contributed by atoms with Gasteiger partial charge in [0.25, 0.3) is 0 Å². The van der Waals surface area contributed by atoms with Crippen LogP contribution >= 0.6 is 0 Å². The molecule has 4 heterocycles. The van der Waals surface area contributed by atoms with Crippen LogP contribution in [0.15, 0.2) is 0 Å². The zero-order valence-electron chi connectivity index (χ0n) is 32.9. The molecule has 7 N–H and O–H groups in total. The first-order valence-corrected chi connectivity index (χ1v) is 21.1. The van der Waals surface area contributed by atoms with Gasteiger partial charge in [0, 0.05) is 12.3 Å².